The molecule has 7 heteroatoms. The molecule has 0 radical (unpaired) electrons. The van der Waals surface area contributed by atoms with Crippen molar-refractivity contribution in [2.75, 3.05) is 27.2 Å². The molecule has 29 heavy (non-hydrogen) atoms. The van der Waals surface area contributed by atoms with Crippen LogP contribution < -0.4 is 10.6 Å². The monoisotopic (exact) mass is 396 g/mol. The molecule has 1 aliphatic rings. The van der Waals surface area contributed by atoms with Crippen molar-refractivity contribution in [2.45, 2.75) is 44.7 Å². The Bertz CT molecular complexity index is 793. The van der Waals surface area contributed by atoms with E-state index >= 15 is 0 Å². The molecule has 0 spiro atoms. The highest BCUT2D eigenvalue weighted by Crippen LogP contribution is 2.28. The maximum Gasteiger partial charge on any atom is 0.241 e. The third kappa shape index (κ3) is 6.62. The molecule has 0 bridgehead atoms. The predicted octanol–water partition coefficient (Wildman–Crippen LogP) is 2.36. The quantitative estimate of drug-likeness (QED) is 0.531. The Hall–Kier alpha value is -2.83. The lowest BCUT2D eigenvalue weighted by molar-refractivity contribution is -0.127. The number of likely N-dealkylation sites (N-methyl/N-ethyl adjacent to an activating group) is 1. The van der Waals surface area contributed by atoms with Gasteiger partial charge in [-0.05, 0) is 30.9 Å². The minimum Gasteiger partial charge on any atom is -0.356 e. The maximum atomic E-state index is 11.9. The Labute approximate surface area is 173 Å². The van der Waals surface area contributed by atoms with Crippen molar-refractivity contribution in [3.8, 4) is 0 Å². The Morgan fingerprint density at radius 3 is 2.66 bits per heavy atom. The van der Waals surface area contributed by atoms with Crippen LogP contribution in [0.25, 0.3) is 0 Å². The molecule has 1 fully saturated rings. The van der Waals surface area contributed by atoms with Gasteiger partial charge in [0.25, 0.3) is 0 Å². The molecule has 0 aliphatic heterocycles. The van der Waals surface area contributed by atoms with Crippen molar-refractivity contribution >= 4 is 11.9 Å². The summed E-state index contributed by atoms with van der Waals surface area (Å²) in [4.78, 5) is 18.1. The molecule has 1 aromatic carbocycles. The Balaban J connectivity index is 1.57. The highest BCUT2D eigenvalue weighted by Gasteiger charge is 2.17. The van der Waals surface area contributed by atoms with E-state index in [9.17, 15) is 4.79 Å². The fourth-order valence-corrected chi connectivity index (χ4v) is 3.46. The topological polar surface area (TPSA) is 74.5 Å². The molecule has 0 unspecified atom stereocenters. The lowest BCUT2D eigenvalue weighted by atomic mass is 10.1. The molecule has 1 aromatic heterocycles. The van der Waals surface area contributed by atoms with Gasteiger partial charge in [-0.25, -0.2) is 4.99 Å². The van der Waals surface area contributed by atoms with Crippen LogP contribution >= 0.6 is 0 Å². The molecule has 2 aromatic rings. The predicted molar refractivity (Wildman–Crippen MR) is 116 cm³/mol. The van der Waals surface area contributed by atoms with Gasteiger partial charge in [-0.15, -0.1) is 0 Å². The van der Waals surface area contributed by atoms with E-state index < -0.39 is 0 Å². The molecule has 1 aliphatic carbocycles. The standard InChI is InChI=1S/C22H32N6O/c1-27(2)21(29)17-25-22(23-14-12-18-8-4-3-5-9-18)24-16-19-13-15-28(26-19)20-10-6-7-11-20/h3-5,8-9,13,15,20H,6-7,10-12,14,16-17H2,1-2H3,(H2,23,24,25). The van der Waals surface area contributed by atoms with E-state index in [0.29, 0.717) is 18.5 Å². The Kier molecular flexibility index (Phi) is 7.67. The summed E-state index contributed by atoms with van der Waals surface area (Å²) in [6.07, 6.45) is 7.95. The summed E-state index contributed by atoms with van der Waals surface area (Å²) < 4.78 is 2.09. The number of carbonyl (C=O) groups is 1. The summed E-state index contributed by atoms with van der Waals surface area (Å²) in [5, 5.41) is 11.2. The zero-order valence-corrected chi connectivity index (χ0v) is 17.5. The molecular weight excluding hydrogens is 364 g/mol. The van der Waals surface area contributed by atoms with Crippen LogP contribution in [0.4, 0.5) is 0 Å². The van der Waals surface area contributed by atoms with E-state index in [0.717, 1.165) is 18.7 Å². The second-order valence-electron chi connectivity index (χ2n) is 7.69. The molecule has 1 heterocycles. The van der Waals surface area contributed by atoms with Gasteiger partial charge < -0.3 is 15.5 Å². The highest BCUT2D eigenvalue weighted by molar-refractivity contribution is 5.86. The number of benzene rings is 1. The first kappa shape index (κ1) is 20.9. The van der Waals surface area contributed by atoms with Gasteiger partial charge in [0.05, 0.1) is 24.8 Å². The fourth-order valence-electron chi connectivity index (χ4n) is 3.46. The van der Waals surface area contributed by atoms with Crippen LogP contribution in [-0.2, 0) is 17.8 Å². The number of aromatic nitrogens is 2. The van der Waals surface area contributed by atoms with E-state index in [-0.39, 0.29) is 12.5 Å². The van der Waals surface area contributed by atoms with Gasteiger partial charge in [-0.3, -0.25) is 9.48 Å². The number of rotatable bonds is 8. The van der Waals surface area contributed by atoms with Crippen LogP contribution in [0.5, 0.6) is 0 Å². The summed E-state index contributed by atoms with van der Waals surface area (Å²) in [5.41, 5.74) is 2.21. The van der Waals surface area contributed by atoms with Crippen LogP contribution in [0.15, 0.2) is 47.6 Å². The molecule has 0 saturated heterocycles. The van der Waals surface area contributed by atoms with Crippen molar-refractivity contribution in [3.05, 3.63) is 53.9 Å². The first-order valence-electron chi connectivity index (χ1n) is 10.4. The largest absolute Gasteiger partial charge is 0.356 e. The van der Waals surface area contributed by atoms with Crippen LogP contribution in [0.3, 0.4) is 0 Å². The van der Waals surface area contributed by atoms with Gasteiger partial charge >= 0.3 is 0 Å². The third-order valence-electron chi connectivity index (χ3n) is 5.22. The number of aliphatic imine (C=N–C) groups is 1. The van der Waals surface area contributed by atoms with Gasteiger partial charge in [-0.1, -0.05) is 43.2 Å². The van der Waals surface area contributed by atoms with E-state index in [4.69, 9.17) is 5.10 Å². The highest BCUT2D eigenvalue weighted by atomic mass is 16.2. The van der Waals surface area contributed by atoms with E-state index in [2.05, 4.69) is 38.6 Å². The lowest BCUT2D eigenvalue weighted by Crippen LogP contribution is -2.43. The molecule has 156 valence electrons. The zero-order valence-electron chi connectivity index (χ0n) is 17.5. The Morgan fingerprint density at radius 2 is 1.93 bits per heavy atom. The molecular formula is C22H32N6O. The molecule has 1 amide bonds. The van der Waals surface area contributed by atoms with Crippen molar-refractivity contribution in [1.29, 1.82) is 0 Å². The fraction of sp³-hybridized carbons (Fsp3) is 0.500. The molecule has 2 N–H and O–H groups in total. The average Bonchev–Trinajstić information content (AvgIpc) is 3.41. The van der Waals surface area contributed by atoms with Gasteiger partial charge in [0, 0.05) is 26.8 Å². The van der Waals surface area contributed by atoms with E-state index in [1.165, 1.54) is 31.2 Å². The van der Waals surface area contributed by atoms with Crippen LogP contribution in [-0.4, -0.2) is 53.7 Å². The number of guanidine groups is 1. The van der Waals surface area contributed by atoms with Crippen LogP contribution in [0.2, 0.25) is 0 Å². The minimum absolute atomic E-state index is 0.00747. The number of carbonyl (C=O) groups excluding carboxylic acids is 1. The summed E-state index contributed by atoms with van der Waals surface area (Å²) >= 11 is 0. The number of nitrogens with one attached hydrogen (secondary N) is 2. The van der Waals surface area contributed by atoms with E-state index in [1.54, 1.807) is 19.0 Å². The smallest absolute Gasteiger partial charge is 0.241 e. The SMILES string of the molecule is CN(C)C(=O)CNC(=NCc1ccn(C2CCCC2)n1)NCCc1ccccc1. The van der Waals surface area contributed by atoms with Crippen LogP contribution in [0, 0.1) is 0 Å². The summed E-state index contributed by atoms with van der Waals surface area (Å²) in [5.74, 6) is 0.639. The number of nitrogens with zero attached hydrogens (tertiary/aromatic N) is 4. The third-order valence-corrected chi connectivity index (χ3v) is 5.22. The van der Waals surface area contributed by atoms with Gasteiger partial charge in [-0.2, -0.15) is 5.10 Å². The first-order chi connectivity index (χ1) is 14.1. The average molecular weight is 397 g/mol. The van der Waals surface area contributed by atoms with E-state index in [1.807, 2.05) is 24.3 Å². The number of hydrogen-bond acceptors (Lipinski definition) is 3. The summed E-state index contributed by atoms with van der Waals surface area (Å²) in [7, 11) is 3.50. The summed E-state index contributed by atoms with van der Waals surface area (Å²) in [6, 6.07) is 12.9. The second-order valence-corrected chi connectivity index (χ2v) is 7.69. The molecule has 1 saturated carbocycles. The second kappa shape index (κ2) is 10.6. The van der Waals surface area contributed by atoms with Crippen molar-refractivity contribution < 1.29 is 4.79 Å². The normalized spacial score (nSPS) is 14.8. The zero-order chi connectivity index (χ0) is 20.5. The van der Waals surface area contributed by atoms with Gasteiger partial charge in [0.1, 0.15) is 0 Å². The molecule has 3 rings (SSSR count). The van der Waals surface area contributed by atoms with Crippen molar-refractivity contribution in [1.82, 2.24) is 25.3 Å². The molecule has 7 nitrogen and oxygen atoms in total. The Morgan fingerprint density at radius 1 is 1.17 bits per heavy atom. The van der Waals surface area contributed by atoms with Crippen molar-refractivity contribution in [3.63, 3.8) is 0 Å². The number of hydrogen-bond donors (Lipinski definition) is 2. The van der Waals surface area contributed by atoms with Crippen molar-refractivity contribution in [2.24, 2.45) is 4.99 Å². The number of amides is 1. The molecule has 0 atom stereocenters. The maximum absolute atomic E-state index is 11.9. The first-order valence-corrected chi connectivity index (χ1v) is 10.4. The summed E-state index contributed by atoms with van der Waals surface area (Å²) in [6.45, 7) is 1.43. The van der Waals surface area contributed by atoms with Gasteiger partial charge in [0.15, 0.2) is 5.96 Å². The minimum atomic E-state index is 0.00747. The van der Waals surface area contributed by atoms with Gasteiger partial charge in [0.2, 0.25) is 5.91 Å². The lowest BCUT2D eigenvalue weighted by Gasteiger charge is -2.15. The van der Waals surface area contributed by atoms with Crippen LogP contribution in [0.1, 0.15) is 43.0 Å².